The molecule has 2 aromatic carbocycles. The first-order chi connectivity index (χ1) is 23.9. The molecule has 3 aliphatic heterocycles. The minimum Gasteiger partial charge on any atom is -0.490 e. The number of carbonyl (C=O) groups is 1. The summed E-state index contributed by atoms with van der Waals surface area (Å²) in [5.74, 6) is -2.75. The SMILES string of the molecule is CO[C@H]1/C=C/C[C@H](C)[C@@H](OCCN2CC(F)(F)C2)C(=O)NS(=O)(=O)c2ccc3c(c2)N(C[C@@H]2CCC21)C[C@@]1(CCCc2cc(Cl)ccc21)CO3. The number of likely N-dealkylation sites (tertiary alicyclic amines) is 1. The molecular formula is C37H46ClF2N3O6S. The van der Waals surface area contributed by atoms with Crippen molar-refractivity contribution < 1.29 is 36.2 Å². The van der Waals surface area contributed by atoms with Crippen LogP contribution in [0.15, 0.2) is 53.4 Å². The van der Waals surface area contributed by atoms with Gasteiger partial charge in [0.2, 0.25) is 0 Å². The summed E-state index contributed by atoms with van der Waals surface area (Å²) in [6, 6.07) is 10.9. The average molecular weight is 734 g/mol. The van der Waals surface area contributed by atoms with Crippen molar-refractivity contribution in [2.45, 2.75) is 73.9 Å². The van der Waals surface area contributed by atoms with Crippen LogP contribution in [0.2, 0.25) is 5.02 Å². The molecule has 0 aromatic heterocycles. The summed E-state index contributed by atoms with van der Waals surface area (Å²) in [6.45, 7) is 3.10. The lowest BCUT2D eigenvalue weighted by molar-refractivity contribution is -0.145. The molecule has 2 bridgehead atoms. The molecule has 1 saturated heterocycles. The van der Waals surface area contributed by atoms with Gasteiger partial charge < -0.3 is 19.1 Å². The number of sulfonamides is 1. The molecule has 2 aromatic rings. The Hall–Kier alpha value is -2.77. The van der Waals surface area contributed by atoms with Gasteiger partial charge in [0.25, 0.3) is 21.9 Å². The number of hydrogen-bond acceptors (Lipinski definition) is 8. The van der Waals surface area contributed by atoms with E-state index in [1.807, 2.05) is 25.1 Å². The normalized spacial score (nSPS) is 32.7. The highest BCUT2D eigenvalue weighted by molar-refractivity contribution is 7.90. The zero-order chi connectivity index (χ0) is 35.3. The molecule has 1 unspecified atom stereocenters. The fourth-order valence-corrected chi connectivity index (χ4v) is 9.78. The highest BCUT2D eigenvalue weighted by Crippen LogP contribution is 2.47. The molecule has 3 heterocycles. The van der Waals surface area contributed by atoms with E-state index in [4.69, 9.17) is 25.8 Å². The van der Waals surface area contributed by atoms with Crippen LogP contribution in [0.1, 0.15) is 50.2 Å². The van der Waals surface area contributed by atoms with Gasteiger partial charge in [-0.25, -0.2) is 21.9 Å². The number of anilines is 1. The van der Waals surface area contributed by atoms with Gasteiger partial charge in [0.15, 0.2) is 0 Å². The maximum absolute atomic E-state index is 13.9. The van der Waals surface area contributed by atoms with Crippen molar-refractivity contribution in [2.24, 2.45) is 17.8 Å². The van der Waals surface area contributed by atoms with E-state index in [0.717, 1.165) is 32.1 Å². The number of aryl methyl sites for hydroxylation is 1. The topological polar surface area (TPSA) is 97.4 Å². The highest BCUT2D eigenvalue weighted by atomic mass is 35.5. The van der Waals surface area contributed by atoms with Gasteiger partial charge in [-0.2, -0.15) is 0 Å². The molecule has 7 rings (SSSR count). The molecule has 272 valence electrons. The van der Waals surface area contributed by atoms with Crippen molar-refractivity contribution in [3.63, 3.8) is 0 Å². The molecular weight excluding hydrogens is 688 g/mol. The van der Waals surface area contributed by atoms with Crippen LogP contribution in [0.3, 0.4) is 0 Å². The van der Waals surface area contributed by atoms with E-state index in [1.54, 1.807) is 24.1 Å². The number of alkyl halides is 2. The quantitative estimate of drug-likeness (QED) is 0.398. The van der Waals surface area contributed by atoms with E-state index in [9.17, 15) is 22.0 Å². The number of ether oxygens (including phenoxy) is 3. The Labute approximate surface area is 298 Å². The molecule has 6 atom stereocenters. The van der Waals surface area contributed by atoms with Crippen LogP contribution in [0.4, 0.5) is 14.5 Å². The van der Waals surface area contributed by atoms with Crippen LogP contribution in [0.25, 0.3) is 0 Å². The number of allylic oxidation sites excluding steroid dienone is 1. The summed E-state index contributed by atoms with van der Waals surface area (Å²) in [7, 11) is -2.59. The van der Waals surface area contributed by atoms with E-state index in [2.05, 4.69) is 21.8 Å². The maximum atomic E-state index is 13.9. The molecule has 1 amide bonds. The summed E-state index contributed by atoms with van der Waals surface area (Å²) < 4.78 is 75.3. The molecule has 2 fully saturated rings. The Morgan fingerprint density at radius 2 is 1.94 bits per heavy atom. The molecule has 2 aliphatic carbocycles. The summed E-state index contributed by atoms with van der Waals surface area (Å²) in [5, 5.41) is 0.708. The molecule has 50 heavy (non-hydrogen) atoms. The van der Waals surface area contributed by atoms with Crippen LogP contribution in [0, 0.1) is 17.8 Å². The smallest absolute Gasteiger partial charge is 0.272 e. The van der Waals surface area contributed by atoms with Gasteiger partial charge in [-0.05, 0) is 97.7 Å². The lowest BCUT2D eigenvalue weighted by Crippen LogP contribution is -2.57. The van der Waals surface area contributed by atoms with E-state index in [-0.39, 0.29) is 48.6 Å². The predicted molar refractivity (Wildman–Crippen MR) is 187 cm³/mol. The second-order valence-corrected chi connectivity index (χ2v) is 17.0. The number of halogens is 3. The Balaban J connectivity index is 1.22. The van der Waals surface area contributed by atoms with Crippen molar-refractivity contribution in [1.82, 2.24) is 9.62 Å². The van der Waals surface area contributed by atoms with E-state index >= 15 is 0 Å². The molecule has 1 N–H and O–H groups in total. The van der Waals surface area contributed by atoms with Crippen molar-refractivity contribution in [3.8, 4) is 5.75 Å². The molecule has 5 aliphatic rings. The van der Waals surface area contributed by atoms with E-state index < -0.39 is 33.9 Å². The number of nitrogens with one attached hydrogen (secondary N) is 1. The van der Waals surface area contributed by atoms with Gasteiger partial charge in [-0.15, -0.1) is 0 Å². The third kappa shape index (κ3) is 7.15. The first-order valence-electron chi connectivity index (χ1n) is 17.6. The second-order valence-electron chi connectivity index (χ2n) is 14.9. The molecule has 13 heteroatoms. The van der Waals surface area contributed by atoms with Crippen molar-refractivity contribution in [1.29, 1.82) is 0 Å². The lowest BCUT2D eigenvalue weighted by atomic mass is 9.68. The Morgan fingerprint density at radius 1 is 1.12 bits per heavy atom. The van der Waals surface area contributed by atoms with Gasteiger partial charge in [-0.3, -0.25) is 9.69 Å². The molecule has 9 nitrogen and oxygen atoms in total. The maximum Gasteiger partial charge on any atom is 0.272 e. The number of carbonyl (C=O) groups excluding carboxylic acids is 1. The number of hydrogen-bond donors (Lipinski definition) is 1. The number of benzene rings is 2. The van der Waals surface area contributed by atoms with E-state index in [1.165, 1.54) is 17.2 Å². The lowest BCUT2D eigenvalue weighted by Gasteiger charge is -2.46. The van der Waals surface area contributed by atoms with Crippen molar-refractivity contribution in [2.75, 3.05) is 57.9 Å². The number of amides is 1. The standard InChI is InChI=1S/C37H46ClF2N3O6S/c1-24-5-3-7-32(47-2)29-11-8-26(29)19-43-20-36(14-4-6-25-17-27(38)9-12-30(25)36)23-49-33-13-10-28(18-31(33)43)50(45,46)41-35(44)34(24)48-16-15-42-21-37(39,40)22-42/h3,7,9-10,12-13,17-18,24,26,29,32,34H,4-6,8,11,14-16,19-23H2,1-2H3,(H,41,44)/b7-3+/t24-,26-,29?,32-,34+,36-/m0/s1. The zero-order valence-electron chi connectivity index (χ0n) is 28.6. The summed E-state index contributed by atoms with van der Waals surface area (Å²) in [5.41, 5.74) is 2.79. The number of rotatable bonds is 5. The summed E-state index contributed by atoms with van der Waals surface area (Å²) in [6.07, 6.45) is 8.09. The van der Waals surface area contributed by atoms with Crippen LogP contribution >= 0.6 is 11.6 Å². The fourth-order valence-electron chi connectivity index (χ4n) is 8.57. The number of fused-ring (bicyclic) bond motifs is 4. The first kappa shape index (κ1) is 35.6. The van der Waals surface area contributed by atoms with Gasteiger partial charge in [0.1, 0.15) is 11.9 Å². The number of methoxy groups -OCH3 is 1. The average Bonchev–Trinajstić information content (AvgIpc) is 3.19. The fraction of sp³-hybridized carbons (Fsp3) is 0.595. The van der Waals surface area contributed by atoms with Gasteiger partial charge in [-0.1, -0.05) is 36.7 Å². The zero-order valence-corrected chi connectivity index (χ0v) is 30.2. The minimum absolute atomic E-state index is 0.00888. The van der Waals surface area contributed by atoms with Gasteiger partial charge >= 0.3 is 0 Å². The minimum atomic E-state index is -4.31. The van der Waals surface area contributed by atoms with Crippen LogP contribution < -0.4 is 14.4 Å². The van der Waals surface area contributed by atoms with Gasteiger partial charge in [0, 0.05) is 37.2 Å². The van der Waals surface area contributed by atoms with Crippen LogP contribution in [-0.4, -0.2) is 90.4 Å². The van der Waals surface area contributed by atoms with Crippen molar-refractivity contribution >= 4 is 33.2 Å². The van der Waals surface area contributed by atoms with Crippen LogP contribution in [0.5, 0.6) is 5.75 Å². The number of nitrogens with zero attached hydrogens (tertiary/aromatic N) is 2. The van der Waals surface area contributed by atoms with Crippen LogP contribution in [-0.2, 0) is 36.1 Å². The Bertz CT molecular complexity index is 1740. The molecule has 1 spiro atoms. The third-order valence-corrected chi connectivity index (χ3v) is 13.0. The predicted octanol–water partition coefficient (Wildman–Crippen LogP) is 5.59. The monoisotopic (exact) mass is 733 g/mol. The summed E-state index contributed by atoms with van der Waals surface area (Å²) in [4.78, 5) is 17.5. The summed E-state index contributed by atoms with van der Waals surface area (Å²) >= 11 is 6.42. The Kier molecular flexibility index (Phi) is 9.97. The van der Waals surface area contributed by atoms with Crippen molar-refractivity contribution in [3.05, 3.63) is 64.7 Å². The van der Waals surface area contributed by atoms with E-state index in [0.29, 0.717) is 48.5 Å². The first-order valence-corrected chi connectivity index (χ1v) is 19.5. The molecule has 0 radical (unpaired) electrons. The largest absolute Gasteiger partial charge is 0.490 e. The van der Waals surface area contributed by atoms with Gasteiger partial charge in [0.05, 0.1) is 43.0 Å². The second kappa shape index (κ2) is 14.0. The molecule has 1 saturated carbocycles. The highest BCUT2D eigenvalue weighted by Gasteiger charge is 2.45. The third-order valence-electron chi connectivity index (χ3n) is 11.4. The Morgan fingerprint density at radius 3 is 2.68 bits per heavy atom.